The van der Waals surface area contributed by atoms with Gasteiger partial charge in [0.25, 0.3) is 0 Å². The summed E-state index contributed by atoms with van der Waals surface area (Å²) >= 11 is 3.14. The standard InChI is InChI=1S/C6H7BrO2/c1-9-5-3-2-4(8)6(5)7/h2-3H2,1H3. The molecule has 0 spiro atoms. The van der Waals surface area contributed by atoms with Crippen molar-refractivity contribution in [2.45, 2.75) is 12.8 Å². The van der Waals surface area contributed by atoms with Crippen LogP contribution in [0, 0.1) is 0 Å². The maximum atomic E-state index is 10.8. The topological polar surface area (TPSA) is 26.3 Å². The first kappa shape index (κ1) is 6.81. The van der Waals surface area contributed by atoms with E-state index in [2.05, 4.69) is 15.9 Å². The first-order valence-electron chi connectivity index (χ1n) is 2.71. The highest BCUT2D eigenvalue weighted by atomic mass is 79.9. The molecular weight excluding hydrogens is 184 g/mol. The molecule has 0 fully saturated rings. The van der Waals surface area contributed by atoms with Gasteiger partial charge in [-0.2, -0.15) is 0 Å². The minimum Gasteiger partial charge on any atom is -0.500 e. The number of ether oxygens (including phenoxy) is 1. The molecule has 0 aromatic rings. The number of allylic oxidation sites excluding steroid dienone is 2. The van der Waals surface area contributed by atoms with Gasteiger partial charge in [-0.25, -0.2) is 0 Å². The van der Waals surface area contributed by atoms with Crippen LogP contribution in [-0.2, 0) is 9.53 Å². The molecule has 9 heavy (non-hydrogen) atoms. The number of hydrogen-bond donors (Lipinski definition) is 0. The third-order valence-corrected chi connectivity index (χ3v) is 2.20. The lowest BCUT2D eigenvalue weighted by Gasteiger charge is -1.96. The molecule has 0 heterocycles. The number of carbonyl (C=O) groups excluding carboxylic acids is 1. The lowest BCUT2D eigenvalue weighted by atomic mass is 10.3. The lowest BCUT2D eigenvalue weighted by molar-refractivity contribution is -0.114. The molecule has 3 heteroatoms. The van der Waals surface area contributed by atoms with Gasteiger partial charge in [-0.3, -0.25) is 4.79 Å². The van der Waals surface area contributed by atoms with Gasteiger partial charge < -0.3 is 4.74 Å². The molecule has 50 valence electrons. The average Bonchev–Trinajstić information content (AvgIpc) is 2.15. The predicted molar refractivity (Wildman–Crippen MR) is 37.2 cm³/mol. The summed E-state index contributed by atoms with van der Waals surface area (Å²) in [6.07, 6.45) is 1.33. The Balaban J connectivity index is 2.79. The van der Waals surface area contributed by atoms with Crippen LogP contribution >= 0.6 is 15.9 Å². The second-order valence-electron chi connectivity index (χ2n) is 1.86. The fourth-order valence-electron chi connectivity index (χ4n) is 0.794. The molecule has 0 aliphatic heterocycles. The summed E-state index contributed by atoms with van der Waals surface area (Å²) in [5, 5.41) is 0. The van der Waals surface area contributed by atoms with Crippen molar-refractivity contribution in [3.05, 3.63) is 10.2 Å². The molecule has 0 bridgehead atoms. The van der Waals surface area contributed by atoms with Crippen molar-refractivity contribution in [3.63, 3.8) is 0 Å². The van der Waals surface area contributed by atoms with Gasteiger partial charge in [0.1, 0.15) is 5.76 Å². The molecule has 1 aliphatic carbocycles. The van der Waals surface area contributed by atoms with Crippen LogP contribution in [0.3, 0.4) is 0 Å². The van der Waals surface area contributed by atoms with Gasteiger partial charge in [0.05, 0.1) is 11.6 Å². The van der Waals surface area contributed by atoms with E-state index in [1.54, 1.807) is 7.11 Å². The summed E-state index contributed by atoms with van der Waals surface area (Å²) in [4.78, 5) is 10.8. The Labute approximate surface area is 62.0 Å². The van der Waals surface area contributed by atoms with Crippen molar-refractivity contribution >= 4 is 21.7 Å². The summed E-state index contributed by atoms with van der Waals surface area (Å²) in [6, 6.07) is 0. The van der Waals surface area contributed by atoms with Gasteiger partial charge in [-0.05, 0) is 15.9 Å². The highest BCUT2D eigenvalue weighted by molar-refractivity contribution is 9.12. The molecule has 0 amide bonds. The second-order valence-corrected chi connectivity index (χ2v) is 2.66. The fourth-order valence-corrected chi connectivity index (χ4v) is 1.35. The van der Waals surface area contributed by atoms with E-state index in [1.807, 2.05) is 0 Å². The van der Waals surface area contributed by atoms with E-state index in [-0.39, 0.29) is 5.78 Å². The van der Waals surface area contributed by atoms with E-state index in [0.717, 1.165) is 12.2 Å². The lowest BCUT2D eigenvalue weighted by Crippen LogP contribution is -1.87. The van der Waals surface area contributed by atoms with Crippen molar-refractivity contribution in [2.75, 3.05) is 7.11 Å². The van der Waals surface area contributed by atoms with Crippen molar-refractivity contribution in [1.82, 2.24) is 0 Å². The van der Waals surface area contributed by atoms with Crippen molar-refractivity contribution in [2.24, 2.45) is 0 Å². The Kier molecular flexibility index (Phi) is 1.90. The summed E-state index contributed by atoms with van der Waals surface area (Å²) in [6.45, 7) is 0. The van der Waals surface area contributed by atoms with Gasteiger partial charge in [0, 0.05) is 12.8 Å². The SMILES string of the molecule is COC1=C(Br)C(=O)CC1. The van der Waals surface area contributed by atoms with E-state index in [4.69, 9.17) is 4.74 Å². The molecule has 1 aliphatic rings. The summed E-state index contributed by atoms with van der Waals surface area (Å²) in [5.74, 6) is 0.923. The maximum Gasteiger partial charge on any atom is 0.173 e. The smallest absolute Gasteiger partial charge is 0.173 e. The summed E-state index contributed by atoms with van der Waals surface area (Å²) in [7, 11) is 1.58. The van der Waals surface area contributed by atoms with Crippen LogP contribution in [0.4, 0.5) is 0 Å². The second kappa shape index (κ2) is 2.52. The van der Waals surface area contributed by atoms with Crippen molar-refractivity contribution in [3.8, 4) is 0 Å². The zero-order valence-corrected chi connectivity index (χ0v) is 6.69. The third kappa shape index (κ3) is 1.15. The maximum absolute atomic E-state index is 10.8. The number of Topliss-reactive ketones (excluding diaryl/α,β-unsaturated/α-hetero) is 1. The van der Waals surface area contributed by atoms with Crippen molar-refractivity contribution < 1.29 is 9.53 Å². The van der Waals surface area contributed by atoms with Crippen LogP contribution in [0.5, 0.6) is 0 Å². The van der Waals surface area contributed by atoms with E-state index in [1.165, 1.54) is 0 Å². The van der Waals surface area contributed by atoms with Crippen LogP contribution in [-0.4, -0.2) is 12.9 Å². The molecule has 0 atom stereocenters. The number of hydrogen-bond acceptors (Lipinski definition) is 2. The largest absolute Gasteiger partial charge is 0.500 e. The molecular formula is C6H7BrO2. The predicted octanol–water partition coefficient (Wildman–Crippen LogP) is 1.60. The summed E-state index contributed by atoms with van der Waals surface area (Å²) < 4.78 is 5.52. The Bertz CT molecular complexity index is 172. The first-order valence-corrected chi connectivity index (χ1v) is 3.51. The van der Waals surface area contributed by atoms with Gasteiger partial charge in [-0.1, -0.05) is 0 Å². The van der Waals surface area contributed by atoms with Gasteiger partial charge >= 0.3 is 0 Å². The zero-order valence-electron chi connectivity index (χ0n) is 5.11. The fraction of sp³-hybridized carbons (Fsp3) is 0.500. The molecule has 0 N–H and O–H groups in total. The molecule has 0 aromatic carbocycles. The van der Waals surface area contributed by atoms with Crippen LogP contribution in [0.15, 0.2) is 10.2 Å². The van der Waals surface area contributed by atoms with Crippen LogP contribution in [0.25, 0.3) is 0 Å². The highest BCUT2D eigenvalue weighted by Gasteiger charge is 2.20. The van der Waals surface area contributed by atoms with Gasteiger partial charge in [0.2, 0.25) is 0 Å². The molecule has 0 saturated carbocycles. The zero-order chi connectivity index (χ0) is 6.85. The van der Waals surface area contributed by atoms with Crippen molar-refractivity contribution in [1.29, 1.82) is 0 Å². The minimum atomic E-state index is 0.145. The Morgan fingerprint density at radius 3 is 2.44 bits per heavy atom. The first-order chi connectivity index (χ1) is 4.25. The third-order valence-electron chi connectivity index (χ3n) is 1.32. The van der Waals surface area contributed by atoms with Crippen LogP contribution in [0.2, 0.25) is 0 Å². The number of carbonyl (C=O) groups is 1. The Morgan fingerprint density at radius 2 is 2.22 bits per heavy atom. The van der Waals surface area contributed by atoms with E-state index >= 15 is 0 Å². The minimum absolute atomic E-state index is 0.145. The van der Waals surface area contributed by atoms with Gasteiger partial charge in [0.15, 0.2) is 5.78 Å². The van der Waals surface area contributed by atoms with Crippen LogP contribution < -0.4 is 0 Å². The molecule has 0 unspecified atom stereocenters. The van der Waals surface area contributed by atoms with E-state index in [9.17, 15) is 4.79 Å². The number of methoxy groups -OCH3 is 1. The van der Waals surface area contributed by atoms with E-state index < -0.39 is 0 Å². The molecule has 2 nitrogen and oxygen atoms in total. The number of rotatable bonds is 1. The molecule has 0 saturated heterocycles. The molecule has 0 aromatic heterocycles. The normalized spacial score (nSPS) is 19.1. The monoisotopic (exact) mass is 190 g/mol. The average molecular weight is 191 g/mol. The van der Waals surface area contributed by atoms with Crippen LogP contribution in [0.1, 0.15) is 12.8 Å². The number of ketones is 1. The Morgan fingerprint density at radius 1 is 1.56 bits per heavy atom. The quantitative estimate of drug-likeness (QED) is 0.629. The van der Waals surface area contributed by atoms with Gasteiger partial charge in [-0.15, -0.1) is 0 Å². The Hall–Kier alpha value is -0.310. The molecule has 0 radical (unpaired) electrons. The number of halogens is 1. The van der Waals surface area contributed by atoms with E-state index in [0.29, 0.717) is 10.9 Å². The molecule has 1 rings (SSSR count). The highest BCUT2D eigenvalue weighted by Crippen LogP contribution is 2.27. The summed E-state index contributed by atoms with van der Waals surface area (Å²) in [5.41, 5.74) is 0.